The molecular weight excluding hydrogens is 374 g/mol. The number of amides is 1. The van der Waals surface area contributed by atoms with Crippen LogP contribution in [0.15, 0.2) is 48.5 Å². The van der Waals surface area contributed by atoms with Gasteiger partial charge in [-0.2, -0.15) is 0 Å². The molecule has 144 valence electrons. The van der Waals surface area contributed by atoms with Crippen molar-refractivity contribution in [3.63, 3.8) is 0 Å². The van der Waals surface area contributed by atoms with Gasteiger partial charge in [0.05, 0.1) is 11.6 Å². The van der Waals surface area contributed by atoms with Gasteiger partial charge in [0.15, 0.2) is 0 Å². The molecule has 3 rings (SSSR count). The molecule has 1 fully saturated rings. The molecule has 0 spiro atoms. The van der Waals surface area contributed by atoms with Crippen molar-refractivity contribution in [2.24, 2.45) is 0 Å². The lowest BCUT2D eigenvalue weighted by molar-refractivity contribution is 0.0750. The molecular formula is C20H21ClF2N2O2. The van der Waals surface area contributed by atoms with Gasteiger partial charge < -0.3 is 15.0 Å². The molecule has 2 aromatic carbocycles. The summed E-state index contributed by atoms with van der Waals surface area (Å²) < 4.78 is 33.7. The van der Waals surface area contributed by atoms with Crippen LogP contribution in [0.25, 0.3) is 0 Å². The van der Waals surface area contributed by atoms with Crippen molar-refractivity contribution in [2.45, 2.75) is 12.1 Å². The standard InChI is InChI=1S/C20H21ClF2N2O2/c21-17-12-15(6-7-18(17)22)19(26)25-10-8-20(23,14-25)13-24-9-11-27-16-4-2-1-3-5-16/h1-7,12,24H,8-11,13-14H2. The van der Waals surface area contributed by atoms with E-state index in [1.165, 1.54) is 17.0 Å². The second kappa shape index (κ2) is 8.67. The van der Waals surface area contributed by atoms with Crippen LogP contribution in [0.2, 0.25) is 5.02 Å². The first-order valence-corrected chi connectivity index (χ1v) is 9.16. The number of alkyl halides is 1. The molecule has 7 heteroatoms. The van der Waals surface area contributed by atoms with E-state index in [1.54, 1.807) is 0 Å². The third-order valence-electron chi connectivity index (χ3n) is 4.49. The summed E-state index contributed by atoms with van der Waals surface area (Å²) in [7, 11) is 0. The number of carbonyl (C=O) groups is 1. The van der Waals surface area contributed by atoms with E-state index in [0.717, 1.165) is 11.8 Å². The number of hydrogen-bond acceptors (Lipinski definition) is 3. The minimum Gasteiger partial charge on any atom is -0.492 e. The van der Waals surface area contributed by atoms with Gasteiger partial charge in [-0.3, -0.25) is 4.79 Å². The SMILES string of the molecule is O=C(c1ccc(F)c(Cl)c1)N1CCC(F)(CNCCOc2ccccc2)C1. The summed E-state index contributed by atoms with van der Waals surface area (Å²) in [5.41, 5.74) is -1.23. The molecule has 1 amide bonds. The highest BCUT2D eigenvalue weighted by atomic mass is 35.5. The lowest BCUT2D eigenvalue weighted by Gasteiger charge is -2.21. The van der Waals surface area contributed by atoms with Gasteiger partial charge in [0.25, 0.3) is 5.91 Å². The van der Waals surface area contributed by atoms with Crippen molar-refractivity contribution >= 4 is 17.5 Å². The zero-order valence-electron chi connectivity index (χ0n) is 14.8. The molecule has 0 aliphatic carbocycles. The van der Waals surface area contributed by atoms with E-state index in [-0.39, 0.29) is 36.0 Å². The number of likely N-dealkylation sites (tertiary alicyclic amines) is 1. The van der Waals surface area contributed by atoms with Gasteiger partial charge in [-0.1, -0.05) is 29.8 Å². The van der Waals surface area contributed by atoms with Crippen molar-refractivity contribution in [2.75, 3.05) is 32.8 Å². The van der Waals surface area contributed by atoms with Crippen molar-refractivity contribution in [1.82, 2.24) is 10.2 Å². The highest BCUT2D eigenvalue weighted by Crippen LogP contribution is 2.27. The van der Waals surface area contributed by atoms with Crippen LogP contribution in [0, 0.1) is 5.82 Å². The lowest BCUT2D eigenvalue weighted by atomic mass is 10.1. The molecule has 1 saturated heterocycles. The molecule has 1 aliphatic rings. The van der Waals surface area contributed by atoms with Crippen LogP contribution in [-0.4, -0.2) is 49.3 Å². The van der Waals surface area contributed by atoms with Crippen LogP contribution in [0.1, 0.15) is 16.8 Å². The fourth-order valence-corrected chi connectivity index (χ4v) is 3.22. The van der Waals surface area contributed by atoms with Crippen LogP contribution in [0.3, 0.4) is 0 Å². The van der Waals surface area contributed by atoms with E-state index in [0.29, 0.717) is 19.7 Å². The Morgan fingerprint density at radius 1 is 1.26 bits per heavy atom. The van der Waals surface area contributed by atoms with E-state index < -0.39 is 11.5 Å². The second-order valence-corrected chi connectivity index (χ2v) is 7.00. The summed E-state index contributed by atoms with van der Waals surface area (Å²) in [4.78, 5) is 13.9. The van der Waals surface area contributed by atoms with Crippen LogP contribution in [-0.2, 0) is 0 Å². The van der Waals surface area contributed by atoms with Gasteiger partial charge in [0.1, 0.15) is 23.8 Å². The average Bonchev–Trinajstić information content (AvgIpc) is 3.06. The van der Waals surface area contributed by atoms with Crippen molar-refractivity contribution in [1.29, 1.82) is 0 Å². The van der Waals surface area contributed by atoms with Crippen LogP contribution >= 0.6 is 11.6 Å². The highest BCUT2D eigenvalue weighted by Gasteiger charge is 2.40. The summed E-state index contributed by atoms with van der Waals surface area (Å²) >= 11 is 5.72. The molecule has 0 aromatic heterocycles. The minimum absolute atomic E-state index is 0.00658. The quantitative estimate of drug-likeness (QED) is 0.728. The maximum atomic E-state index is 14.9. The topological polar surface area (TPSA) is 41.6 Å². The summed E-state index contributed by atoms with van der Waals surface area (Å²) in [5.74, 6) is -0.162. The van der Waals surface area contributed by atoms with Gasteiger partial charge in [-0.05, 0) is 30.3 Å². The predicted octanol–water partition coefficient (Wildman–Crippen LogP) is 3.70. The Morgan fingerprint density at radius 2 is 2.04 bits per heavy atom. The fraction of sp³-hybridized carbons (Fsp3) is 0.350. The van der Waals surface area contributed by atoms with Crippen LogP contribution in [0.4, 0.5) is 8.78 Å². The normalized spacial score (nSPS) is 19.3. The largest absolute Gasteiger partial charge is 0.492 e. The molecule has 0 bridgehead atoms. The highest BCUT2D eigenvalue weighted by molar-refractivity contribution is 6.31. The third-order valence-corrected chi connectivity index (χ3v) is 4.78. The number of rotatable bonds is 7. The first-order valence-electron chi connectivity index (χ1n) is 8.79. The number of hydrogen-bond donors (Lipinski definition) is 1. The number of ether oxygens (including phenoxy) is 1. The van der Waals surface area contributed by atoms with E-state index in [1.807, 2.05) is 30.3 Å². The van der Waals surface area contributed by atoms with E-state index in [4.69, 9.17) is 16.3 Å². The van der Waals surface area contributed by atoms with Gasteiger partial charge in [0.2, 0.25) is 0 Å². The lowest BCUT2D eigenvalue weighted by Crippen LogP contribution is -2.41. The van der Waals surface area contributed by atoms with Gasteiger partial charge in [0, 0.05) is 31.6 Å². The van der Waals surface area contributed by atoms with E-state index in [9.17, 15) is 13.6 Å². The average molecular weight is 395 g/mol. The number of carbonyl (C=O) groups excluding carboxylic acids is 1. The Hall–Kier alpha value is -2.18. The van der Waals surface area contributed by atoms with Gasteiger partial charge in [-0.15, -0.1) is 0 Å². The summed E-state index contributed by atoms with van der Waals surface area (Å²) in [6, 6.07) is 13.2. The predicted molar refractivity (Wildman–Crippen MR) is 101 cm³/mol. The molecule has 0 radical (unpaired) electrons. The number of para-hydroxylation sites is 1. The Kier molecular flexibility index (Phi) is 6.29. The first-order chi connectivity index (χ1) is 13.0. The Labute approximate surface area is 162 Å². The summed E-state index contributed by atoms with van der Waals surface area (Å²) in [6.45, 7) is 1.37. The van der Waals surface area contributed by atoms with Gasteiger partial charge in [-0.25, -0.2) is 8.78 Å². The molecule has 1 atom stereocenters. The van der Waals surface area contributed by atoms with Gasteiger partial charge >= 0.3 is 0 Å². The molecule has 1 unspecified atom stereocenters. The maximum Gasteiger partial charge on any atom is 0.254 e. The Bertz CT molecular complexity index is 791. The Balaban J connectivity index is 1.44. The van der Waals surface area contributed by atoms with E-state index >= 15 is 0 Å². The zero-order valence-corrected chi connectivity index (χ0v) is 15.5. The van der Waals surface area contributed by atoms with Crippen molar-refractivity contribution in [3.05, 3.63) is 64.9 Å². The molecule has 0 saturated carbocycles. The van der Waals surface area contributed by atoms with Crippen LogP contribution < -0.4 is 10.1 Å². The maximum absolute atomic E-state index is 14.9. The van der Waals surface area contributed by atoms with Crippen molar-refractivity contribution in [3.8, 4) is 5.75 Å². The van der Waals surface area contributed by atoms with Crippen LogP contribution in [0.5, 0.6) is 5.75 Å². The monoisotopic (exact) mass is 394 g/mol. The zero-order chi connectivity index (χ0) is 19.3. The molecule has 1 heterocycles. The molecule has 4 nitrogen and oxygen atoms in total. The fourth-order valence-electron chi connectivity index (χ4n) is 3.04. The first kappa shape index (κ1) is 19.6. The number of nitrogens with zero attached hydrogens (tertiary/aromatic N) is 1. The number of halogens is 3. The summed E-state index contributed by atoms with van der Waals surface area (Å²) in [6.07, 6.45) is 0.250. The Morgan fingerprint density at radius 3 is 2.78 bits per heavy atom. The molecule has 1 N–H and O–H groups in total. The molecule has 1 aliphatic heterocycles. The minimum atomic E-state index is -1.49. The smallest absolute Gasteiger partial charge is 0.254 e. The summed E-state index contributed by atoms with van der Waals surface area (Å²) in [5, 5.41) is 2.93. The number of benzene rings is 2. The second-order valence-electron chi connectivity index (χ2n) is 6.59. The van der Waals surface area contributed by atoms with Crippen molar-refractivity contribution < 1.29 is 18.3 Å². The third kappa shape index (κ3) is 5.17. The van der Waals surface area contributed by atoms with E-state index in [2.05, 4.69) is 5.32 Å². The molecule has 2 aromatic rings. The number of nitrogens with one attached hydrogen (secondary N) is 1. The molecule has 27 heavy (non-hydrogen) atoms.